The van der Waals surface area contributed by atoms with Crippen molar-refractivity contribution in [2.75, 3.05) is 0 Å². The van der Waals surface area contributed by atoms with Gasteiger partial charge in [0.25, 0.3) is 0 Å². The molecular weight excluding hydrogens is 334 g/mol. The van der Waals surface area contributed by atoms with E-state index in [1.807, 2.05) is 41.0 Å². The molecule has 5 rings (SSSR count). The molecule has 0 radical (unpaired) electrons. The molecule has 25 heavy (non-hydrogen) atoms. The van der Waals surface area contributed by atoms with Crippen LogP contribution in [0.3, 0.4) is 0 Å². The highest BCUT2D eigenvalue weighted by molar-refractivity contribution is 7.13. The number of imidazole rings is 1. The zero-order valence-corrected chi connectivity index (χ0v) is 14.0. The van der Waals surface area contributed by atoms with Gasteiger partial charge in [-0.15, -0.1) is 0 Å². The summed E-state index contributed by atoms with van der Waals surface area (Å²) >= 11 is 1.49. The molecule has 0 aliphatic heterocycles. The van der Waals surface area contributed by atoms with Gasteiger partial charge in [0, 0.05) is 5.39 Å². The quantitative estimate of drug-likeness (QED) is 0.496. The molecule has 0 saturated heterocycles. The third-order valence-electron chi connectivity index (χ3n) is 4.12. The third-order valence-corrected chi connectivity index (χ3v) is 4.98. The SMILES string of the molecule is c1ccc2c(c1)ncn2Cc1noc(Cc2nsc3ccccc23)n1. The Balaban J connectivity index is 1.40. The second-order valence-electron chi connectivity index (χ2n) is 5.77. The number of hydrogen-bond donors (Lipinski definition) is 0. The molecule has 0 atom stereocenters. The monoisotopic (exact) mass is 347 g/mol. The lowest BCUT2D eigenvalue weighted by molar-refractivity contribution is 0.378. The number of rotatable bonds is 4. The van der Waals surface area contributed by atoms with Gasteiger partial charge in [-0.3, -0.25) is 0 Å². The summed E-state index contributed by atoms with van der Waals surface area (Å²) in [5.74, 6) is 1.22. The molecule has 7 heteroatoms. The molecule has 0 unspecified atom stereocenters. The zero-order chi connectivity index (χ0) is 16.6. The van der Waals surface area contributed by atoms with E-state index in [2.05, 4.69) is 31.6 Å². The number of nitrogens with zero attached hydrogens (tertiary/aromatic N) is 5. The summed E-state index contributed by atoms with van der Waals surface area (Å²) in [6, 6.07) is 16.2. The van der Waals surface area contributed by atoms with Gasteiger partial charge in [-0.25, -0.2) is 4.98 Å². The van der Waals surface area contributed by atoms with Gasteiger partial charge in [-0.05, 0) is 29.7 Å². The maximum absolute atomic E-state index is 5.42. The van der Waals surface area contributed by atoms with Gasteiger partial charge in [-0.2, -0.15) is 9.36 Å². The van der Waals surface area contributed by atoms with E-state index in [1.165, 1.54) is 16.2 Å². The van der Waals surface area contributed by atoms with Crippen LogP contribution in [-0.2, 0) is 13.0 Å². The van der Waals surface area contributed by atoms with Crippen molar-refractivity contribution >= 4 is 32.7 Å². The number of aromatic nitrogens is 5. The summed E-state index contributed by atoms with van der Waals surface area (Å²) in [4.78, 5) is 8.90. The Morgan fingerprint density at radius 3 is 2.92 bits per heavy atom. The maximum Gasteiger partial charge on any atom is 0.232 e. The van der Waals surface area contributed by atoms with Crippen LogP contribution in [-0.4, -0.2) is 24.1 Å². The topological polar surface area (TPSA) is 69.6 Å². The lowest BCUT2D eigenvalue weighted by Gasteiger charge is -1.98. The summed E-state index contributed by atoms with van der Waals surface area (Å²) in [6.07, 6.45) is 2.34. The molecule has 0 N–H and O–H groups in total. The Hall–Kier alpha value is -3.06. The summed E-state index contributed by atoms with van der Waals surface area (Å²) < 4.78 is 13.1. The first-order chi connectivity index (χ1) is 12.4. The molecule has 0 aliphatic carbocycles. The molecule has 0 fully saturated rings. The van der Waals surface area contributed by atoms with Crippen LogP contribution >= 0.6 is 11.5 Å². The van der Waals surface area contributed by atoms with E-state index in [0.717, 1.165) is 22.1 Å². The van der Waals surface area contributed by atoms with Crippen molar-refractivity contribution in [2.24, 2.45) is 0 Å². The van der Waals surface area contributed by atoms with Crippen LogP contribution in [0.5, 0.6) is 0 Å². The van der Waals surface area contributed by atoms with E-state index in [4.69, 9.17) is 4.52 Å². The van der Waals surface area contributed by atoms with Crippen LogP contribution in [0.4, 0.5) is 0 Å². The summed E-state index contributed by atoms with van der Waals surface area (Å²) in [5.41, 5.74) is 2.99. The fourth-order valence-corrected chi connectivity index (χ4v) is 3.72. The van der Waals surface area contributed by atoms with Crippen molar-refractivity contribution in [1.29, 1.82) is 0 Å². The molecule has 5 aromatic rings. The van der Waals surface area contributed by atoms with Gasteiger partial charge in [-0.1, -0.05) is 35.5 Å². The Labute approximate surface area is 146 Å². The minimum atomic E-state index is 0.530. The van der Waals surface area contributed by atoms with Crippen molar-refractivity contribution in [1.82, 2.24) is 24.1 Å². The number of benzene rings is 2. The van der Waals surface area contributed by atoms with E-state index in [1.54, 1.807) is 6.33 Å². The van der Waals surface area contributed by atoms with E-state index < -0.39 is 0 Å². The van der Waals surface area contributed by atoms with E-state index in [9.17, 15) is 0 Å². The Morgan fingerprint density at radius 1 is 1.04 bits per heavy atom. The zero-order valence-electron chi connectivity index (χ0n) is 13.2. The number of fused-ring (bicyclic) bond motifs is 2. The summed E-state index contributed by atoms with van der Waals surface area (Å²) in [7, 11) is 0. The molecule has 2 aromatic carbocycles. The van der Waals surface area contributed by atoms with Crippen LogP contribution in [0.15, 0.2) is 59.4 Å². The lowest BCUT2D eigenvalue weighted by atomic mass is 10.2. The largest absolute Gasteiger partial charge is 0.339 e. The first-order valence-corrected chi connectivity index (χ1v) is 8.69. The highest BCUT2D eigenvalue weighted by atomic mass is 32.1. The van der Waals surface area contributed by atoms with Crippen LogP contribution in [0.25, 0.3) is 21.1 Å². The van der Waals surface area contributed by atoms with Crippen molar-refractivity contribution in [2.45, 2.75) is 13.0 Å². The fourth-order valence-electron chi connectivity index (χ4n) is 2.92. The van der Waals surface area contributed by atoms with Gasteiger partial charge >= 0.3 is 0 Å². The Morgan fingerprint density at radius 2 is 1.92 bits per heavy atom. The van der Waals surface area contributed by atoms with Crippen LogP contribution in [0, 0.1) is 0 Å². The minimum absolute atomic E-state index is 0.530. The first-order valence-electron chi connectivity index (χ1n) is 7.91. The predicted octanol–water partition coefficient (Wildman–Crippen LogP) is 3.67. The average Bonchev–Trinajstić information content (AvgIpc) is 3.36. The number of para-hydroxylation sites is 2. The van der Waals surface area contributed by atoms with Crippen molar-refractivity contribution in [3.63, 3.8) is 0 Å². The van der Waals surface area contributed by atoms with Gasteiger partial charge in [0.15, 0.2) is 5.82 Å². The summed E-state index contributed by atoms with van der Waals surface area (Å²) in [5, 5.41) is 5.25. The fraction of sp³-hybridized carbons (Fsp3) is 0.111. The van der Waals surface area contributed by atoms with E-state index in [-0.39, 0.29) is 0 Å². The van der Waals surface area contributed by atoms with Gasteiger partial charge in [0.2, 0.25) is 5.89 Å². The highest BCUT2D eigenvalue weighted by Gasteiger charge is 2.13. The molecule has 0 aliphatic rings. The molecule has 0 saturated carbocycles. The second kappa shape index (κ2) is 5.78. The van der Waals surface area contributed by atoms with Crippen LogP contribution in [0.1, 0.15) is 17.4 Å². The van der Waals surface area contributed by atoms with E-state index in [0.29, 0.717) is 24.7 Å². The van der Waals surface area contributed by atoms with E-state index >= 15 is 0 Å². The average molecular weight is 347 g/mol. The summed E-state index contributed by atoms with van der Waals surface area (Å²) in [6.45, 7) is 0.530. The molecular formula is C18H13N5OS. The van der Waals surface area contributed by atoms with Crippen LogP contribution in [0.2, 0.25) is 0 Å². The molecule has 122 valence electrons. The normalized spacial score (nSPS) is 11.5. The van der Waals surface area contributed by atoms with Gasteiger partial charge in [0.05, 0.1) is 40.7 Å². The lowest BCUT2D eigenvalue weighted by Crippen LogP contribution is -2.00. The molecule has 3 heterocycles. The van der Waals surface area contributed by atoms with Gasteiger partial charge in [0.1, 0.15) is 0 Å². The third kappa shape index (κ3) is 2.58. The van der Waals surface area contributed by atoms with Crippen molar-refractivity contribution in [3.8, 4) is 0 Å². The molecule has 0 amide bonds. The Kier molecular flexibility index (Phi) is 3.31. The van der Waals surface area contributed by atoms with Crippen LogP contribution < -0.4 is 0 Å². The maximum atomic E-state index is 5.42. The number of hydrogen-bond acceptors (Lipinski definition) is 6. The molecule has 0 bridgehead atoms. The van der Waals surface area contributed by atoms with Gasteiger partial charge < -0.3 is 9.09 Å². The minimum Gasteiger partial charge on any atom is -0.339 e. The first kappa shape index (κ1) is 14.3. The van der Waals surface area contributed by atoms with Crippen molar-refractivity contribution < 1.29 is 4.52 Å². The molecule has 0 spiro atoms. The highest BCUT2D eigenvalue weighted by Crippen LogP contribution is 2.24. The standard InChI is InChI=1S/C18H13N5OS/c1-4-8-16-12(5-1)14(22-25-16)9-18-20-17(21-24-18)10-23-11-19-13-6-2-3-7-15(13)23/h1-8,11H,9-10H2. The molecule has 6 nitrogen and oxygen atoms in total. The molecule has 3 aromatic heterocycles. The second-order valence-corrected chi connectivity index (χ2v) is 6.57. The predicted molar refractivity (Wildman–Crippen MR) is 95.6 cm³/mol. The Bertz CT molecular complexity index is 1080. The smallest absolute Gasteiger partial charge is 0.232 e. The van der Waals surface area contributed by atoms with Crippen molar-refractivity contribution in [3.05, 3.63) is 72.3 Å².